The van der Waals surface area contributed by atoms with Gasteiger partial charge in [0.15, 0.2) is 0 Å². The first-order chi connectivity index (χ1) is 8.47. The van der Waals surface area contributed by atoms with E-state index in [9.17, 15) is 14.4 Å². The van der Waals surface area contributed by atoms with Gasteiger partial charge >= 0.3 is 18.1 Å². The first kappa shape index (κ1) is 14.0. The van der Waals surface area contributed by atoms with Crippen LogP contribution >= 0.6 is 0 Å². The molecular weight excluding hydrogens is 244 g/mol. The second-order valence-corrected chi connectivity index (χ2v) is 3.81. The SMILES string of the molecule is CC(=CC(=O)OCCC(=O)O)CC1COC(=O)O1. The third-order valence-electron chi connectivity index (χ3n) is 2.12. The number of carbonyl (C=O) groups is 3. The van der Waals surface area contributed by atoms with E-state index in [0.717, 1.165) is 0 Å². The number of carboxylic acid groups (broad SMARTS) is 1. The molecule has 1 fully saturated rings. The maximum Gasteiger partial charge on any atom is 0.508 e. The van der Waals surface area contributed by atoms with Crippen molar-refractivity contribution in [1.82, 2.24) is 0 Å². The molecule has 7 nitrogen and oxygen atoms in total. The van der Waals surface area contributed by atoms with Crippen LogP contribution in [0.4, 0.5) is 4.79 Å². The summed E-state index contributed by atoms with van der Waals surface area (Å²) >= 11 is 0. The Kier molecular flexibility index (Phi) is 5.16. The molecule has 100 valence electrons. The largest absolute Gasteiger partial charge is 0.508 e. The summed E-state index contributed by atoms with van der Waals surface area (Å²) in [4.78, 5) is 32.1. The minimum absolute atomic E-state index is 0.165. The van der Waals surface area contributed by atoms with Gasteiger partial charge in [-0.05, 0) is 6.92 Å². The summed E-state index contributed by atoms with van der Waals surface area (Å²) < 4.78 is 14.1. The standard InChI is InChI=1S/C11H14O7/c1-7(4-8-6-17-11(15)18-8)5-10(14)16-3-2-9(12)13/h5,8H,2-4,6H2,1H3,(H,12,13). The number of esters is 1. The second-order valence-electron chi connectivity index (χ2n) is 3.81. The number of ether oxygens (including phenoxy) is 3. The Morgan fingerprint density at radius 2 is 2.28 bits per heavy atom. The van der Waals surface area contributed by atoms with Crippen LogP contribution in [0.5, 0.6) is 0 Å². The Bertz CT molecular complexity index is 372. The van der Waals surface area contributed by atoms with Crippen molar-refractivity contribution in [2.75, 3.05) is 13.2 Å². The van der Waals surface area contributed by atoms with Crippen LogP contribution in [0, 0.1) is 0 Å². The van der Waals surface area contributed by atoms with Gasteiger partial charge in [0.25, 0.3) is 0 Å². The molecule has 1 saturated heterocycles. The number of hydrogen-bond donors (Lipinski definition) is 1. The Labute approximate surface area is 103 Å². The highest BCUT2D eigenvalue weighted by atomic mass is 16.8. The third kappa shape index (κ3) is 5.33. The van der Waals surface area contributed by atoms with E-state index >= 15 is 0 Å². The number of hydrogen-bond acceptors (Lipinski definition) is 6. The maximum atomic E-state index is 11.2. The molecule has 0 aromatic carbocycles. The Morgan fingerprint density at radius 1 is 1.56 bits per heavy atom. The lowest BCUT2D eigenvalue weighted by Crippen LogP contribution is -2.11. The van der Waals surface area contributed by atoms with Crippen molar-refractivity contribution in [3.8, 4) is 0 Å². The second kappa shape index (κ2) is 6.63. The van der Waals surface area contributed by atoms with Crippen molar-refractivity contribution >= 4 is 18.1 Å². The van der Waals surface area contributed by atoms with Crippen molar-refractivity contribution < 1.29 is 33.7 Å². The van der Waals surface area contributed by atoms with Crippen LogP contribution < -0.4 is 0 Å². The van der Waals surface area contributed by atoms with E-state index in [2.05, 4.69) is 9.47 Å². The van der Waals surface area contributed by atoms with Crippen LogP contribution in [-0.4, -0.2) is 42.5 Å². The minimum Gasteiger partial charge on any atom is -0.481 e. The number of rotatable bonds is 6. The average molecular weight is 258 g/mol. The highest BCUT2D eigenvalue weighted by Gasteiger charge is 2.25. The monoisotopic (exact) mass is 258 g/mol. The summed E-state index contributed by atoms with van der Waals surface area (Å²) in [5.74, 6) is -1.64. The fourth-order valence-electron chi connectivity index (χ4n) is 1.37. The lowest BCUT2D eigenvalue weighted by molar-refractivity contribution is -0.142. The molecule has 0 saturated carbocycles. The predicted molar refractivity (Wildman–Crippen MR) is 57.8 cm³/mol. The molecule has 1 aliphatic rings. The van der Waals surface area contributed by atoms with Gasteiger partial charge in [-0.15, -0.1) is 0 Å². The fraction of sp³-hybridized carbons (Fsp3) is 0.545. The van der Waals surface area contributed by atoms with Crippen molar-refractivity contribution in [3.63, 3.8) is 0 Å². The van der Waals surface area contributed by atoms with Gasteiger partial charge in [0.1, 0.15) is 19.3 Å². The molecule has 0 bridgehead atoms. The van der Waals surface area contributed by atoms with Crippen molar-refractivity contribution in [3.05, 3.63) is 11.6 Å². The zero-order chi connectivity index (χ0) is 13.5. The Balaban J connectivity index is 2.29. The van der Waals surface area contributed by atoms with E-state index in [1.807, 2.05) is 0 Å². The van der Waals surface area contributed by atoms with E-state index in [4.69, 9.17) is 9.84 Å². The number of cyclic esters (lactones) is 2. The minimum atomic E-state index is -1.03. The number of carboxylic acids is 1. The lowest BCUT2D eigenvalue weighted by atomic mass is 10.1. The van der Waals surface area contributed by atoms with Crippen LogP contribution in [0.15, 0.2) is 11.6 Å². The van der Waals surface area contributed by atoms with Gasteiger partial charge in [-0.3, -0.25) is 4.79 Å². The topological polar surface area (TPSA) is 99.1 Å². The van der Waals surface area contributed by atoms with Gasteiger partial charge in [0.05, 0.1) is 6.42 Å². The highest BCUT2D eigenvalue weighted by Crippen LogP contribution is 2.14. The summed E-state index contributed by atoms with van der Waals surface area (Å²) in [6.45, 7) is 1.68. The average Bonchev–Trinajstić information content (AvgIpc) is 2.62. The molecule has 1 rings (SSSR count). The molecule has 7 heteroatoms. The van der Waals surface area contributed by atoms with E-state index in [-0.39, 0.29) is 25.7 Å². The molecule has 1 unspecified atom stereocenters. The first-order valence-corrected chi connectivity index (χ1v) is 5.36. The molecule has 1 aliphatic heterocycles. The molecule has 0 aromatic rings. The van der Waals surface area contributed by atoms with E-state index in [1.165, 1.54) is 6.08 Å². The summed E-state index contributed by atoms with van der Waals surface area (Å²) in [6, 6.07) is 0. The first-order valence-electron chi connectivity index (χ1n) is 5.36. The van der Waals surface area contributed by atoms with E-state index in [0.29, 0.717) is 12.0 Å². The predicted octanol–water partition coefficient (Wildman–Crippen LogP) is 0.876. The van der Waals surface area contributed by atoms with Crippen LogP contribution in [0.2, 0.25) is 0 Å². The third-order valence-corrected chi connectivity index (χ3v) is 2.12. The van der Waals surface area contributed by atoms with Gasteiger partial charge in [-0.1, -0.05) is 5.57 Å². The lowest BCUT2D eigenvalue weighted by Gasteiger charge is -2.06. The molecule has 0 amide bonds. The molecule has 0 spiro atoms. The van der Waals surface area contributed by atoms with Crippen molar-refractivity contribution in [2.45, 2.75) is 25.9 Å². The molecule has 1 N–H and O–H groups in total. The quantitative estimate of drug-likeness (QED) is 0.557. The molecule has 0 aromatic heterocycles. The summed E-state index contributed by atoms with van der Waals surface area (Å²) in [7, 11) is 0. The zero-order valence-electron chi connectivity index (χ0n) is 9.88. The van der Waals surface area contributed by atoms with Gasteiger partial charge < -0.3 is 19.3 Å². The van der Waals surface area contributed by atoms with Crippen LogP contribution in [0.1, 0.15) is 19.8 Å². The highest BCUT2D eigenvalue weighted by molar-refractivity contribution is 5.83. The molecule has 0 radical (unpaired) electrons. The van der Waals surface area contributed by atoms with Gasteiger partial charge in [-0.25, -0.2) is 9.59 Å². The van der Waals surface area contributed by atoms with Gasteiger partial charge in [-0.2, -0.15) is 0 Å². The molecule has 18 heavy (non-hydrogen) atoms. The molecule has 0 aliphatic carbocycles. The number of aliphatic carboxylic acids is 1. The zero-order valence-corrected chi connectivity index (χ0v) is 9.88. The normalized spacial score (nSPS) is 19.1. The molecule has 1 atom stereocenters. The molecular formula is C11H14O7. The fourth-order valence-corrected chi connectivity index (χ4v) is 1.37. The van der Waals surface area contributed by atoms with E-state index in [1.54, 1.807) is 6.92 Å². The van der Waals surface area contributed by atoms with Gasteiger partial charge in [0.2, 0.25) is 0 Å². The smallest absolute Gasteiger partial charge is 0.481 e. The van der Waals surface area contributed by atoms with Crippen LogP contribution in [0.3, 0.4) is 0 Å². The van der Waals surface area contributed by atoms with E-state index < -0.39 is 18.1 Å². The Morgan fingerprint density at radius 3 is 2.83 bits per heavy atom. The summed E-state index contributed by atoms with van der Waals surface area (Å²) in [5.41, 5.74) is 0.665. The van der Waals surface area contributed by atoms with Gasteiger partial charge in [0, 0.05) is 12.5 Å². The summed E-state index contributed by atoms with van der Waals surface area (Å²) in [5, 5.41) is 8.35. The Hall–Kier alpha value is -2.05. The van der Waals surface area contributed by atoms with Crippen LogP contribution in [0.25, 0.3) is 0 Å². The van der Waals surface area contributed by atoms with Crippen molar-refractivity contribution in [1.29, 1.82) is 0 Å². The molecule has 1 heterocycles. The maximum absolute atomic E-state index is 11.2. The number of carbonyl (C=O) groups excluding carboxylic acids is 2. The summed E-state index contributed by atoms with van der Waals surface area (Å²) in [6.07, 6.45) is 0.290. The van der Waals surface area contributed by atoms with Crippen LogP contribution in [-0.2, 0) is 23.8 Å². The van der Waals surface area contributed by atoms with Crippen molar-refractivity contribution in [2.24, 2.45) is 0 Å².